The van der Waals surface area contributed by atoms with Crippen LogP contribution < -0.4 is 0 Å². The van der Waals surface area contributed by atoms with Crippen molar-refractivity contribution in [2.45, 2.75) is 45.3 Å². The minimum atomic E-state index is 0.155. The Labute approximate surface area is 137 Å². The van der Waals surface area contributed by atoms with Gasteiger partial charge in [-0.2, -0.15) is 11.3 Å². The van der Waals surface area contributed by atoms with Gasteiger partial charge in [0.05, 0.1) is 0 Å². The third-order valence-corrected chi connectivity index (χ3v) is 4.89. The van der Waals surface area contributed by atoms with E-state index in [1.54, 1.807) is 11.3 Å². The van der Waals surface area contributed by atoms with Gasteiger partial charge in [-0.25, -0.2) is 0 Å². The fourth-order valence-electron chi connectivity index (χ4n) is 2.56. The Bertz CT molecular complexity index is 616. The van der Waals surface area contributed by atoms with Crippen molar-refractivity contribution in [3.8, 4) is 0 Å². The highest BCUT2D eigenvalue weighted by Crippen LogP contribution is 2.31. The summed E-state index contributed by atoms with van der Waals surface area (Å²) in [6.07, 6.45) is 5.29. The molecule has 1 fully saturated rings. The van der Waals surface area contributed by atoms with E-state index >= 15 is 0 Å². The molecule has 0 bridgehead atoms. The van der Waals surface area contributed by atoms with Crippen LogP contribution in [0.15, 0.2) is 33.6 Å². The molecule has 3 nitrogen and oxygen atoms in total. The predicted octanol–water partition coefficient (Wildman–Crippen LogP) is 4.53. The first-order valence-electron chi connectivity index (χ1n) is 7.36. The number of thiophene rings is 1. The highest BCUT2D eigenvalue weighted by atomic mass is 79.9. The first-order chi connectivity index (χ1) is 10.2. The lowest BCUT2D eigenvalue weighted by atomic mass is 10.2. The van der Waals surface area contributed by atoms with E-state index in [-0.39, 0.29) is 5.91 Å². The van der Waals surface area contributed by atoms with Gasteiger partial charge in [-0.3, -0.25) is 4.79 Å². The molecule has 0 N–H and O–H groups in total. The van der Waals surface area contributed by atoms with Gasteiger partial charge in [0.1, 0.15) is 5.69 Å². The number of hydrogen-bond donors (Lipinski definition) is 0. The number of nitrogens with zero attached hydrogens (tertiary/aromatic N) is 2. The predicted molar refractivity (Wildman–Crippen MR) is 89.6 cm³/mol. The zero-order valence-corrected chi connectivity index (χ0v) is 14.5. The second kappa shape index (κ2) is 6.36. The van der Waals surface area contributed by atoms with E-state index in [0.717, 1.165) is 42.5 Å². The number of carbonyl (C=O) groups excluding carboxylic acids is 1. The van der Waals surface area contributed by atoms with Crippen molar-refractivity contribution in [1.29, 1.82) is 0 Å². The Morgan fingerprint density at radius 2 is 2.33 bits per heavy atom. The molecule has 0 spiro atoms. The molecule has 0 atom stereocenters. The minimum Gasteiger partial charge on any atom is -0.342 e. The largest absolute Gasteiger partial charge is 0.342 e. The van der Waals surface area contributed by atoms with Crippen LogP contribution in [0.4, 0.5) is 0 Å². The molecule has 1 saturated carbocycles. The summed E-state index contributed by atoms with van der Waals surface area (Å²) in [6.45, 7) is 3.73. The molecule has 1 amide bonds. The summed E-state index contributed by atoms with van der Waals surface area (Å²) in [6, 6.07) is 4.47. The van der Waals surface area contributed by atoms with Crippen LogP contribution in [0.3, 0.4) is 0 Å². The van der Waals surface area contributed by atoms with Crippen molar-refractivity contribution in [3.05, 3.63) is 44.8 Å². The monoisotopic (exact) mass is 366 g/mol. The maximum atomic E-state index is 12.9. The summed E-state index contributed by atoms with van der Waals surface area (Å²) in [4.78, 5) is 15.0. The molecule has 2 aromatic heterocycles. The average molecular weight is 367 g/mol. The third-order valence-electron chi connectivity index (χ3n) is 3.73. The Kier molecular flexibility index (Phi) is 4.50. The molecule has 0 aliphatic heterocycles. The van der Waals surface area contributed by atoms with Gasteiger partial charge in [0, 0.05) is 29.8 Å². The van der Waals surface area contributed by atoms with Gasteiger partial charge >= 0.3 is 0 Å². The van der Waals surface area contributed by atoms with E-state index in [1.165, 1.54) is 5.56 Å². The molecule has 2 aromatic rings. The molecular weight excluding hydrogens is 348 g/mol. The molecule has 1 aliphatic rings. The Hall–Kier alpha value is -1.07. The summed E-state index contributed by atoms with van der Waals surface area (Å²) in [5.41, 5.74) is 2.03. The summed E-state index contributed by atoms with van der Waals surface area (Å²) >= 11 is 5.18. The molecule has 2 heterocycles. The van der Waals surface area contributed by atoms with E-state index in [9.17, 15) is 4.79 Å². The maximum Gasteiger partial charge on any atom is 0.271 e. The topological polar surface area (TPSA) is 25.2 Å². The fraction of sp³-hybridized carbons (Fsp3) is 0.438. The number of carbonyl (C=O) groups is 1. The van der Waals surface area contributed by atoms with Crippen molar-refractivity contribution >= 4 is 33.2 Å². The van der Waals surface area contributed by atoms with Crippen molar-refractivity contribution in [2.24, 2.45) is 0 Å². The van der Waals surface area contributed by atoms with Crippen LogP contribution in [0.25, 0.3) is 0 Å². The molecule has 3 rings (SSSR count). The minimum absolute atomic E-state index is 0.155. The maximum absolute atomic E-state index is 12.9. The average Bonchev–Trinajstić information content (AvgIpc) is 3.04. The molecule has 0 unspecified atom stereocenters. The smallest absolute Gasteiger partial charge is 0.271 e. The molecule has 21 heavy (non-hydrogen) atoms. The van der Waals surface area contributed by atoms with E-state index in [1.807, 2.05) is 17.2 Å². The zero-order valence-electron chi connectivity index (χ0n) is 12.1. The second-order valence-electron chi connectivity index (χ2n) is 5.53. The van der Waals surface area contributed by atoms with Crippen LogP contribution in [0.5, 0.6) is 0 Å². The number of halogens is 1. The molecule has 0 radical (unpaired) electrons. The van der Waals surface area contributed by atoms with Crippen LogP contribution in [0, 0.1) is 0 Å². The molecule has 0 aromatic carbocycles. The van der Waals surface area contributed by atoms with Crippen molar-refractivity contribution in [1.82, 2.24) is 9.47 Å². The molecule has 1 aliphatic carbocycles. The van der Waals surface area contributed by atoms with Crippen LogP contribution >= 0.6 is 27.3 Å². The number of rotatable bonds is 6. The lowest BCUT2D eigenvalue weighted by molar-refractivity contribution is 0.0719. The fourth-order valence-corrected chi connectivity index (χ4v) is 3.68. The first-order valence-corrected chi connectivity index (χ1v) is 9.10. The molecule has 0 saturated heterocycles. The lowest BCUT2D eigenvalue weighted by Crippen LogP contribution is -2.33. The Morgan fingerprint density at radius 3 is 2.95 bits per heavy atom. The molecular formula is C16H19BrN2OS. The van der Waals surface area contributed by atoms with Crippen LogP contribution in [0.1, 0.15) is 42.2 Å². The number of aromatic nitrogens is 1. The second-order valence-corrected chi connectivity index (χ2v) is 7.23. The van der Waals surface area contributed by atoms with Crippen LogP contribution in [-0.2, 0) is 13.1 Å². The van der Waals surface area contributed by atoms with Gasteiger partial charge in [0.2, 0.25) is 0 Å². The first kappa shape index (κ1) is 14.9. The standard InChI is InChI=1S/C16H19BrN2OS/c1-2-6-18-10-13(17)8-15(18)16(20)19(14-3-4-14)9-12-5-7-21-11-12/h5,7-8,10-11,14H,2-4,6,9H2,1H3. The number of aryl methyl sites for hydroxylation is 1. The highest BCUT2D eigenvalue weighted by molar-refractivity contribution is 9.10. The van der Waals surface area contributed by atoms with Gasteiger partial charge in [0.25, 0.3) is 5.91 Å². The molecule has 5 heteroatoms. The number of hydrogen-bond acceptors (Lipinski definition) is 2. The van der Waals surface area contributed by atoms with Crippen molar-refractivity contribution in [2.75, 3.05) is 0 Å². The van der Waals surface area contributed by atoms with Gasteiger partial charge in [-0.05, 0) is 63.6 Å². The van der Waals surface area contributed by atoms with Crippen molar-refractivity contribution < 1.29 is 4.79 Å². The Morgan fingerprint density at radius 1 is 1.52 bits per heavy atom. The van der Waals surface area contributed by atoms with Gasteiger partial charge in [-0.15, -0.1) is 0 Å². The molecule has 112 valence electrons. The summed E-state index contributed by atoms with van der Waals surface area (Å²) in [5, 5.41) is 4.20. The van der Waals surface area contributed by atoms with Gasteiger partial charge in [0.15, 0.2) is 0 Å². The van der Waals surface area contributed by atoms with E-state index < -0.39 is 0 Å². The SMILES string of the molecule is CCCn1cc(Br)cc1C(=O)N(Cc1ccsc1)C1CC1. The summed E-state index contributed by atoms with van der Waals surface area (Å²) in [7, 11) is 0. The summed E-state index contributed by atoms with van der Waals surface area (Å²) in [5.74, 6) is 0.155. The van der Waals surface area contributed by atoms with E-state index in [4.69, 9.17) is 0 Å². The highest BCUT2D eigenvalue weighted by Gasteiger charge is 2.34. The van der Waals surface area contributed by atoms with Gasteiger partial charge in [-0.1, -0.05) is 6.92 Å². The number of amides is 1. The van der Waals surface area contributed by atoms with E-state index in [2.05, 4.69) is 44.2 Å². The van der Waals surface area contributed by atoms with Crippen molar-refractivity contribution in [3.63, 3.8) is 0 Å². The summed E-state index contributed by atoms with van der Waals surface area (Å²) < 4.78 is 3.04. The van der Waals surface area contributed by atoms with E-state index in [0.29, 0.717) is 6.04 Å². The van der Waals surface area contributed by atoms with Crippen LogP contribution in [0.2, 0.25) is 0 Å². The quantitative estimate of drug-likeness (QED) is 0.737. The zero-order chi connectivity index (χ0) is 14.8. The van der Waals surface area contributed by atoms with Crippen LogP contribution in [-0.4, -0.2) is 21.4 Å². The van der Waals surface area contributed by atoms with Gasteiger partial charge < -0.3 is 9.47 Å². The Balaban J connectivity index is 1.84. The lowest BCUT2D eigenvalue weighted by Gasteiger charge is -2.22. The normalized spacial score (nSPS) is 14.4. The third kappa shape index (κ3) is 3.40.